The molecular formula is C34H40N4O7. The zero-order chi connectivity index (χ0) is 32.3. The van der Waals surface area contributed by atoms with Crippen LogP contribution >= 0.6 is 0 Å². The van der Waals surface area contributed by atoms with Crippen molar-refractivity contribution in [3.05, 3.63) is 76.4 Å². The number of carbonyl (C=O) groups is 4. The van der Waals surface area contributed by atoms with Gasteiger partial charge < -0.3 is 29.7 Å². The highest BCUT2D eigenvalue weighted by Crippen LogP contribution is 2.59. The molecule has 3 aliphatic rings. The van der Waals surface area contributed by atoms with E-state index in [9.17, 15) is 24.0 Å². The number of esters is 1. The maximum Gasteiger partial charge on any atom is 0.330 e. The number of aryl methyl sites for hydroxylation is 1. The standard InChI is InChI=1S/C34H40N4O7/c1-20-24-10-5-7-13-27(24)45-30(20)32(42)36-25(11-6-8-14-29(40)44-4)31(41)37-26-12-9-15-38(33(26)43)19-28(39)35-23-17-21-16-22(18-23)34(21,2)3/h5,7-10,12-15,21-23,25H,6,11,16-19H2,1-4H3,(H,35,39)(H,36,42)(H,37,41)/b14-8+. The summed E-state index contributed by atoms with van der Waals surface area (Å²) in [5.74, 6) is -0.750. The zero-order valence-corrected chi connectivity index (χ0v) is 26.1. The molecule has 1 aromatic carbocycles. The molecule has 6 rings (SSSR count). The zero-order valence-electron chi connectivity index (χ0n) is 26.1. The van der Waals surface area contributed by atoms with Crippen molar-refractivity contribution in [1.29, 1.82) is 0 Å². The first-order chi connectivity index (χ1) is 21.5. The maximum atomic E-state index is 13.5. The first-order valence-corrected chi connectivity index (χ1v) is 15.3. The predicted molar refractivity (Wildman–Crippen MR) is 168 cm³/mol. The minimum Gasteiger partial charge on any atom is -0.466 e. The molecule has 3 fully saturated rings. The number of allylic oxidation sites excluding steroid dienone is 1. The molecule has 238 valence electrons. The van der Waals surface area contributed by atoms with Gasteiger partial charge in [-0.05, 0) is 74.5 Å². The van der Waals surface area contributed by atoms with E-state index in [2.05, 4.69) is 34.5 Å². The van der Waals surface area contributed by atoms with Gasteiger partial charge in [0.2, 0.25) is 11.8 Å². The number of ether oxygens (including phenoxy) is 1. The molecule has 0 radical (unpaired) electrons. The number of hydrogen-bond donors (Lipinski definition) is 3. The average molecular weight is 617 g/mol. The van der Waals surface area contributed by atoms with Gasteiger partial charge in [0.1, 0.15) is 23.9 Å². The molecular weight excluding hydrogens is 576 g/mol. The molecule has 0 saturated heterocycles. The van der Waals surface area contributed by atoms with Crippen LogP contribution in [-0.4, -0.2) is 47.5 Å². The molecule has 3 N–H and O–H groups in total. The molecule has 3 amide bonds. The van der Waals surface area contributed by atoms with E-state index in [-0.39, 0.29) is 42.8 Å². The monoisotopic (exact) mass is 616 g/mol. The number of aromatic nitrogens is 1. The fourth-order valence-corrected chi connectivity index (χ4v) is 6.62. The highest BCUT2D eigenvalue weighted by atomic mass is 16.5. The number of methoxy groups -OCH3 is 1. The third-order valence-corrected chi connectivity index (χ3v) is 9.52. The van der Waals surface area contributed by atoms with Crippen molar-refractivity contribution < 1.29 is 28.3 Å². The van der Waals surface area contributed by atoms with Crippen LogP contribution in [-0.2, 0) is 25.7 Å². The van der Waals surface area contributed by atoms with E-state index in [0.717, 1.165) is 18.2 Å². The SMILES string of the molecule is COC(=O)/C=C/CCC(NC(=O)c1oc2ccccc2c1C)C(=O)Nc1cccn(CC(=O)NC2CC3CC(C2)C3(C)C)c1=O. The second-order valence-corrected chi connectivity index (χ2v) is 12.6. The van der Waals surface area contributed by atoms with Crippen molar-refractivity contribution >= 4 is 40.3 Å². The van der Waals surface area contributed by atoms with Gasteiger partial charge in [0.15, 0.2) is 5.76 Å². The van der Waals surface area contributed by atoms with Crippen LogP contribution < -0.4 is 21.5 Å². The van der Waals surface area contributed by atoms with E-state index in [4.69, 9.17) is 4.42 Å². The number of carbonyl (C=O) groups excluding carboxylic acids is 4. The van der Waals surface area contributed by atoms with E-state index >= 15 is 0 Å². The minimum absolute atomic E-state index is 0.0276. The molecule has 3 aliphatic carbocycles. The van der Waals surface area contributed by atoms with Gasteiger partial charge in [-0.1, -0.05) is 38.1 Å². The van der Waals surface area contributed by atoms with Gasteiger partial charge in [-0.3, -0.25) is 19.2 Å². The lowest BCUT2D eigenvalue weighted by molar-refractivity contribution is -0.134. The van der Waals surface area contributed by atoms with Crippen molar-refractivity contribution in [2.75, 3.05) is 12.4 Å². The van der Waals surface area contributed by atoms with Crippen molar-refractivity contribution in [3.8, 4) is 0 Å². The Kier molecular flexibility index (Phi) is 9.27. The Hall–Kier alpha value is -4.67. The number of furan rings is 1. The number of nitrogens with one attached hydrogen (secondary N) is 3. The molecule has 2 aromatic heterocycles. The van der Waals surface area contributed by atoms with Crippen LogP contribution in [0.15, 0.2) is 64.0 Å². The summed E-state index contributed by atoms with van der Waals surface area (Å²) in [5, 5.41) is 9.20. The first kappa shape index (κ1) is 31.7. The highest BCUT2D eigenvalue weighted by molar-refractivity contribution is 6.03. The summed E-state index contributed by atoms with van der Waals surface area (Å²) in [7, 11) is 1.26. The summed E-state index contributed by atoms with van der Waals surface area (Å²) < 4.78 is 11.6. The summed E-state index contributed by atoms with van der Waals surface area (Å²) in [6.45, 7) is 6.16. The fourth-order valence-electron chi connectivity index (χ4n) is 6.62. The summed E-state index contributed by atoms with van der Waals surface area (Å²) >= 11 is 0. The van der Waals surface area contributed by atoms with Crippen LogP contribution in [0.5, 0.6) is 0 Å². The Balaban J connectivity index is 1.26. The second-order valence-electron chi connectivity index (χ2n) is 12.6. The molecule has 0 aliphatic heterocycles. The Bertz CT molecular complexity index is 1690. The van der Waals surface area contributed by atoms with Gasteiger partial charge in [-0.25, -0.2) is 4.79 Å². The number of amides is 3. The topological polar surface area (TPSA) is 149 Å². The third-order valence-electron chi connectivity index (χ3n) is 9.52. The molecule has 3 atom stereocenters. The Labute approximate surface area is 261 Å². The lowest BCUT2D eigenvalue weighted by Gasteiger charge is -2.58. The predicted octanol–water partition coefficient (Wildman–Crippen LogP) is 4.09. The number of rotatable bonds is 11. The summed E-state index contributed by atoms with van der Waals surface area (Å²) in [5.41, 5.74) is 0.925. The van der Waals surface area contributed by atoms with Gasteiger partial charge in [0.05, 0.1) is 7.11 Å². The summed E-state index contributed by atoms with van der Waals surface area (Å²) in [4.78, 5) is 64.3. The van der Waals surface area contributed by atoms with Gasteiger partial charge in [0.25, 0.3) is 11.5 Å². The number of nitrogens with zero attached hydrogens (tertiary/aromatic N) is 1. The molecule has 2 bridgehead atoms. The molecule has 3 saturated carbocycles. The van der Waals surface area contributed by atoms with Gasteiger partial charge >= 0.3 is 5.97 Å². The first-order valence-electron chi connectivity index (χ1n) is 15.3. The van der Waals surface area contributed by atoms with Gasteiger partial charge in [-0.15, -0.1) is 0 Å². The second kappa shape index (κ2) is 13.1. The van der Waals surface area contributed by atoms with E-state index in [1.54, 1.807) is 25.1 Å². The smallest absolute Gasteiger partial charge is 0.330 e. The van der Waals surface area contributed by atoms with Crippen LogP contribution in [0, 0.1) is 24.2 Å². The van der Waals surface area contributed by atoms with Crippen molar-refractivity contribution in [1.82, 2.24) is 15.2 Å². The Morgan fingerprint density at radius 2 is 1.82 bits per heavy atom. The number of hydrogen-bond acceptors (Lipinski definition) is 7. The van der Waals surface area contributed by atoms with Crippen LogP contribution in [0.4, 0.5) is 5.69 Å². The fraction of sp³-hybridized carbons (Fsp3) is 0.441. The molecule has 3 aromatic rings. The molecule has 3 unspecified atom stereocenters. The quantitative estimate of drug-likeness (QED) is 0.217. The number of pyridine rings is 1. The normalized spacial score (nSPS) is 20.7. The minimum atomic E-state index is -1.08. The molecule has 11 nitrogen and oxygen atoms in total. The highest BCUT2D eigenvalue weighted by Gasteiger charge is 2.52. The van der Waals surface area contributed by atoms with Crippen LogP contribution in [0.25, 0.3) is 11.0 Å². The van der Waals surface area contributed by atoms with E-state index < -0.39 is 29.4 Å². The number of benzene rings is 1. The molecule has 0 spiro atoms. The van der Waals surface area contributed by atoms with Crippen LogP contribution in [0.3, 0.4) is 0 Å². The summed E-state index contributed by atoms with van der Waals surface area (Å²) in [6.07, 6.45) is 7.74. The van der Waals surface area contributed by atoms with Crippen molar-refractivity contribution in [3.63, 3.8) is 0 Å². The van der Waals surface area contributed by atoms with Gasteiger partial charge in [0, 0.05) is 29.3 Å². The molecule has 2 heterocycles. The third kappa shape index (κ3) is 6.87. The number of anilines is 1. The lowest BCUT2D eigenvalue weighted by Crippen LogP contribution is -2.56. The average Bonchev–Trinajstić information content (AvgIpc) is 3.36. The maximum absolute atomic E-state index is 13.5. The van der Waals surface area contributed by atoms with Crippen molar-refractivity contribution in [2.45, 2.75) is 71.5 Å². The number of fused-ring (bicyclic) bond motifs is 3. The Morgan fingerprint density at radius 3 is 2.51 bits per heavy atom. The van der Waals surface area contributed by atoms with Crippen LogP contribution in [0.2, 0.25) is 0 Å². The van der Waals surface area contributed by atoms with Crippen molar-refractivity contribution in [2.24, 2.45) is 17.3 Å². The van der Waals surface area contributed by atoms with E-state index in [1.165, 1.54) is 42.5 Å². The largest absolute Gasteiger partial charge is 0.466 e. The lowest BCUT2D eigenvalue weighted by atomic mass is 9.48. The Morgan fingerprint density at radius 1 is 1.09 bits per heavy atom. The van der Waals surface area contributed by atoms with Gasteiger partial charge in [-0.2, -0.15) is 0 Å². The van der Waals surface area contributed by atoms with E-state index in [1.807, 2.05) is 12.1 Å². The summed E-state index contributed by atoms with van der Waals surface area (Å²) in [6, 6.07) is 9.27. The van der Waals surface area contributed by atoms with E-state index in [0.29, 0.717) is 28.4 Å². The number of para-hydroxylation sites is 1. The van der Waals surface area contributed by atoms with Crippen LogP contribution in [0.1, 0.15) is 62.1 Å². The molecule has 11 heteroatoms. The molecule has 45 heavy (non-hydrogen) atoms.